The molecule has 2 nitrogen and oxygen atoms in total. The summed E-state index contributed by atoms with van der Waals surface area (Å²) in [6.07, 6.45) is 21.3. The van der Waals surface area contributed by atoms with E-state index in [9.17, 15) is 4.79 Å². The molecule has 20 heavy (non-hydrogen) atoms. The quantitative estimate of drug-likeness (QED) is 0.273. The number of hydrogen-bond acceptors (Lipinski definition) is 2. The first-order chi connectivity index (χ1) is 9.81. The van der Waals surface area contributed by atoms with E-state index < -0.39 is 0 Å². The average molecular weight is 278 g/mol. The van der Waals surface area contributed by atoms with Gasteiger partial charge in [-0.05, 0) is 45.4 Å². The monoisotopic (exact) mass is 278 g/mol. The van der Waals surface area contributed by atoms with Gasteiger partial charge in [0.15, 0.2) is 0 Å². The molecule has 0 aromatic rings. The van der Waals surface area contributed by atoms with Crippen molar-refractivity contribution in [1.29, 1.82) is 0 Å². The molecule has 0 bridgehead atoms. The van der Waals surface area contributed by atoms with Crippen molar-refractivity contribution < 1.29 is 9.53 Å². The van der Waals surface area contributed by atoms with E-state index in [1.807, 2.05) is 6.92 Å². The summed E-state index contributed by atoms with van der Waals surface area (Å²) in [6, 6.07) is 0. The van der Waals surface area contributed by atoms with Gasteiger partial charge < -0.3 is 4.74 Å². The summed E-state index contributed by atoms with van der Waals surface area (Å²) < 4.78 is 4.88. The zero-order valence-electron chi connectivity index (χ0n) is 13.1. The van der Waals surface area contributed by atoms with Crippen molar-refractivity contribution >= 4 is 5.97 Å². The van der Waals surface area contributed by atoms with Crippen molar-refractivity contribution in [2.75, 3.05) is 6.61 Å². The van der Waals surface area contributed by atoms with Gasteiger partial charge >= 0.3 is 5.97 Å². The molecule has 0 unspecified atom stereocenters. The highest BCUT2D eigenvalue weighted by atomic mass is 16.5. The van der Waals surface area contributed by atoms with E-state index in [4.69, 9.17) is 4.74 Å². The van der Waals surface area contributed by atoms with Crippen molar-refractivity contribution in [1.82, 2.24) is 0 Å². The van der Waals surface area contributed by atoms with Gasteiger partial charge in [-0.15, -0.1) is 0 Å². The maximum atomic E-state index is 11.1. The van der Waals surface area contributed by atoms with Gasteiger partial charge in [-0.1, -0.05) is 49.8 Å². The molecule has 0 aromatic carbocycles. The first-order valence-electron chi connectivity index (χ1n) is 7.91. The van der Waals surface area contributed by atoms with Gasteiger partial charge in [0, 0.05) is 6.42 Å². The van der Waals surface area contributed by atoms with Gasteiger partial charge in [-0.2, -0.15) is 0 Å². The minimum Gasteiger partial charge on any atom is -0.466 e. The van der Waals surface area contributed by atoms with Gasteiger partial charge in [-0.25, -0.2) is 0 Å². The van der Waals surface area contributed by atoms with Crippen molar-refractivity contribution in [2.45, 2.75) is 65.2 Å². The summed E-state index contributed by atoms with van der Waals surface area (Å²) in [6.45, 7) is 4.52. The van der Waals surface area contributed by atoms with Crippen LogP contribution in [0.4, 0.5) is 0 Å². The smallest absolute Gasteiger partial charge is 0.305 e. The molecule has 0 fully saturated rings. The maximum absolute atomic E-state index is 11.1. The molecule has 0 aliphatic heterocycles. The molecule has 0 aliphatic carbocycles. The highest BCUT2D eigenvalue weighted by Gasteiger charge is 1.99. The van der Waals surface area contributed by atoms with Crippen LogP contribution >= 0.6 is 0 Å². The van der Waals surface area contributed by atoms with E-state index in [1.54, 1.807) is 0 Å². The fraction of sp³-hybridized carbons (Fsp3) is 0.611. The second-order valence-corrected chi connectivity index (χ2v) is 4.73. The van der Waals surface area contributed by atoms with Crippen LogP contribution in [0.15, 0.2) is 36.5 Å². The Morgan fingerprint density at radius 2 is 1.45 bits per heavy atom. The first kappa shape index (κ1) is 18.7. The topological polar surface area (TPSA) is 26.3 Å². The van der Waals surface area contributed by atoms with Crippen molar-refractivity contribution in [2.24, 2.45) is 0 Å². The minimum atomic E-state index is -0.0736. The number of esters is 1. The number of carbonyl (C=O) groups is 1. The third-order valence-corrected chi connectivity index (χ3v) is 2.81. The molecule has 0 saturated carbocycles. The number of ether oxygens (including phenoxy) is 1. The molecule has 0 amide bonds. The molecule has 0 radical (unpaired) electrons. The van der Waals surface area contributed by atoms with E-state index >= 15 is 0 Å². The first-order valence-corrected chi connectivity index (χ1v) is 7.91. The molecule has 0 N–H and O–H groups in total. The van der Waals surface area contributed by atoms with Crippen molar-refractivity contribution in [3.8, 4) is 0 Å². The molecular weight excluding hydrogens is 248 g/mol. The molecule has 114 valence electrons. The van der Waals surface area contributed by atoms with Crippen LogP contribution in [0.1, 0.15) is 65.2 Å². The van der Waals surface area contributed by atoms with Gasteiger partial charge in [0.05, 0.1) is 6.61 Å². The molecule has 0 spiro atoms. The minimum absolute atomic E-state index is 0.0736. The lowest BCUT2D eigenvalue weighted by atomic mass is 10.2. The van der Waals surface area contributed by atoms with E-state index in [0.29, 0.717) is 13.0 Å². The Morgan fingerprint density at radius 3 is 2.05 bits per heavy atom. The third kappa shape index (κ3) is 14.7. The maximum Gasteiger partial charge on any atom is 0.305 e. The lowest BCUT2D eigenvalue weighted by Gasteiger charge is -1.99. The Bertz CT molecular complexity index is 301. The van der Waals surface area contributed by atoms with Crippen LogP contribution in [0.5, 0.6) is 0 Å². The highest BCUT2D eigenvalue weighted by molar-refractivity contribution is 5.69. The van der Waals surface area contributed by atoms with Crippen LogP contribution in [-0.4, -0.2) is 12.6 Å². The largest absolute Gasteiger partial charge is 0.466 e. The fourth-order valence-corrected chi connectivity index (χ4v) is 1.71. The number of unbranched alkanes of at least 4 members (excludes halogenated alkanes) is 3. The van der Waals surface area contributed by atoms with Gasteiger partial charge in [0.1, 0.15) is 0 Å². The zero-order valence-corrected chi connectivity index (χ0v) is 13.1. The van der Waals surface area contributed by atoms with Crippen LogP contribution in [0.25, 0.3) is 0 Å². The Balaban J connectivity index is 3.35. The summed E-state index contributed by atoms with van der Waals surface area (Å²) in [4.78, 5) is 11.1. The lowest BCUT2D eigenvalue weighted by molar-refractivity contribution is -0.143. The second-order valence-electron chi connectivity index (χ2n) is 4.73. The second kappa shape index (κ2) is 15.7. The van der Waals surface area contributed by atoms with Crippen LogP contribution in [0.2, 0.25) is 0 Å². The summed E-state index contributed by atoms with van der Waals surface area (Å²) in [5.41, 5.74) is 0. The predicted molar refractivity (Wildman–Crippen MR) is 86.7 cm³/mol. The lowest BCUT2D eigenvalue weighted by Crippen LogP contribution is -2.02. The SMILES string of the molecule is CCC/C=C/C/C=C/C/C=C/CCCCC(=O)OCC. The third-order valence-electron chi connectivity index (χ3n) is 2.81. The van der Waals surface area contributed by atoms with E-state index in [0.717, 1.165) is 32.1 Å². The van der Waals surface area contributed by atoms with Gasteiger partial charge in [0.2, 0.25) is 0 Å². The normalized spacial score (nSPS) is 11.9. The van der Waals surface area contributed by atoms with Gasteiger partial charge in [0.25, 0.3) is 0 Å². The number of carbonyl (C=O) groups excluding carboxylic acids is 1. The van der Waals surface area contributed by atoms with Crippen LogP contribution in [0, 0.1) is 0 Å². The average Bonchev–Trinajstić information content (AvgIpc) is 2.44. The molecule has 0 saturated heterocycles. The zero-order chi connectivity index (χ0) is 14.9. The molecule has 0 rings (SSSR count). The van der Waals surface area contributed by atoms with Crippen molar-refractivity contribution in [3.63, 3.8) is 0 Å². The number of allylic oxidation sites excluding steroid dienone is 6. The summed E-state index contributed by atoms with van der Waals surface area (Å²) in [5.74, 6) is -0.0736. The van der Waals surface area contributed by atoms with Gasteiger partial charge in [-0.3, -0.25) is 4.79 Å². The van der Waals surface area contributed by atoms with Crippen LogP contribution in [-0.2, 0) is 9.53 Å². The Labute approximate surface area is 124 Å². The molecule has 0 heterocycles. The molecule has 0 aliphatic rings. The summed E-state index contributed by atoms with van der Waals surface area (Å²) in [7, 11) is 0. The Hall–Kier alpha value is -1.31. The van der Waals surface area contributed by atoms with Crippen molar-refractivity contribution in [3.05, 3.63) is 36.5 Å². The highest BCUT2D eigenvalue weighted by Crippen LogP contribution is 2.03. The fourth-order valence-electron chi connectivity index (χ4n) is 1.71. The van der Waals surface area contributed by atoms with E-state index in [-0.39, 0.29) is 5.97 Å². The van der Waals surface area contributed by atoms with E-state index in [1.165, 1.54) is 12.8 Å². The molecule has 0 atom stereocenters. The summed E-state index contributed by atoms with van der Waals surface area (Å²) >= 11 is 0. The predicted octanol–water partition coefficient (Wildman–Crippen LogP) is 5.36. The standard InChI is InChI=1S/C18H30O2/c1-3-5-6-7-8-9-10-11-12-13-14-15-16-17-18(19)20-4-2/h6-7,9-10,12-13H,3-5,8,11,14-17H2,1-2H3/b7-6+,10-9+,13-12+. The molecular formula is C18H30O2. The number of rotatable bonds is 12. The van der Waals surface area contributed by atoms with Crippen LogP contribution in [0.3, 0.4) is 0 Å². The van der Waals surface area contributed by atoms with E-state index in [2.05, 4.69) is 43.4 Å². The Morgan fingerprint density at radius 1 is 0.850 bits per heavy atom. The molecule has 0 aromatic heterocycles. The Kier molecular flexibility index (Phi) is 14.7. The molecule has 2 heteroatoms. The summed E-state index contributed by atoms with van der Waals surface area (Å²) in [5, 5.41) is 0. The van der Waals surface area contributed by atoms with Crippen LogP contribution < -0.4 is 0 Å². The number of hydrogen-bond donors (Lipinski definition) is 0.